The van der Waals surface area contributed by atoms with Gasteiger partial charge >= 0.3 is 0 Å². The molecule has 2 atom stereocenters. The van der Waals surface area contributed by atoms with Crippen LogP contribution in [0, 0.1) is 5.82 Å². The van der Waals surface area contributed by atoms with Crippen molar-refractivity contribution in [2.24, 2.45) is 0 Å². The van der Waals surface area contributed by atoms with E-state index >= 15 is 0 Å². The third kappa shape index (κ3) is 3.62. The number of hydrogen-bond acceptors (Lipinski definition) is 4. The van der Waals surface area contributed by atoms with Crippen molar-refractivity contribution < 1.29 is 23.5 Å². The molecule has 150 valence electrons. The second-order valence-electron chi connectivity index (χ2n) is 7.38. The molecule has 29 heavy (non-hydrogen) atoms. The van der Waals surface area contributed by atoms with Gasteiger partial charge in [-0.2, -0.15) is 0 Å². The molecular weight excluding hydrogens is 373 g/mol. The lowest BCUT2D eigenvalue weighted by molar-refractivity contribution is -0.122. The maximum atomic E-state index is 13.3. The lowest BCUT2D eigenvalue weighted by Gasteiger charge is -2.35. The van der Waals surface area contributed by atoms with E-state index < -0.39 is 0 Å². The first kappa shape index (κ1) is 19.2. The van der Waals surface area contributed by atoms with Gasteiger partial charge in [-0.05, 0) is 48.2 Å². The van der Waals surface area contributed by atoms with Crippen molar-refractivity contribution in [3.05, 3.63) is 70.7 Å². The molecule has 1 aliphatic heterocycles. The van der Waals surface area contributed by atoms with E-state index in [9.17, 15) is 14.0 Å². The Balaban J connectivity index is 1.75. The van der Waals surface area contributed by atoms with Crippen LogP contribution in [0.15, 0.2) is 53.7 Å². The lowest BCUT2D eigenvalue weighted by atomic mass is 9.73. The fourth-order valence-electron chi connectivity index (χ4n) is 4.31. The highest BCUT2D eigenvalue weighted by Gasteiger charge is 2.39. The quantitative estimate of drug-likeness (QED) is 0.854. The third-order valence-corrected chi connectivity index (χ3v) is 5.69. The molecule has 0 saturated heterocycles. The summed E-state index contributed by atoms with van der Waals surface area (Å²) in [6, 6.07) is 11.6. The highest BCUT2D eigenvalue weighted by Crippen LogP contribution is 2.45. The number of Topliss-reactive ketones (excluding diaryl/α,β-unsaturated/α-hetero) is 1. The monoisotopic (exact) mass is 395 g/mol. The molecule has 1 amide bonds. The number of ketones is 1. The number of carbonyl (C=O) groups excluding carboxylic acids is 2. The van der Waals surface area contributed by atoms with Crippen molar-refractivity contribution >= 4 is 11.7 Å². The predicted octanol–water partition coefficient (Wildman–Crippen LogP) is 3.85. The Bertz CT molecular complexity index is 996. The van der Waals surface area contributed by atoms with Crippen molar-refractivity contribution in [1.82, 2.24) is 5.32 Å². The molecule has 6 heteroatoms. The molecule has 0 aromatic heterocycles. The van der Waals surface area contributed by atoms with Crippen LogP contribution in [0.5, 0.6) is 11.5 Å². The van der Waals surface area contributed by atoms with Crippen molar-refractivity contribution in [2.75, 3.05) is 14.2 Å². The first-order valence-electron chi connectivity index (χ1n) is 9.53. The van der Waals surface area contributed by atoms with Gasteiger partial charge in [-0.3, -0.25) is 9.59 Å². The largest absolute Gasteiger partial charge is 0.497 e. The number of benzene rings is 2. The number of amides is 1. The normalized spacial score (nSPS) is 21.5. The van der Waals surface area contributed by atoms with E-state index in [0.29, 0.717) is 35.6 Å². The van der Waals surface area contributed by atoms with Crippen LogP contribution in [0.3, 0.4) is 0 Å². The van der Waals surface area contributed by atoms with E-state index in [1.807, 2.05) is 6.07 Å². The lowest BCUT2D eigenvalue weighted by Crippen LogP contribution is -2.38. The number of rotatable bonds is 4. The van der Waals surface area contributed by atoms with Gasteiger partial charge in [0.25, 0.3) is 0 Å². The molecule has 0 fully saturated rings. The zero-order chi connectivity index (χ0) is 20.5. The van der Waals surface area contributed by atoms with Crippen LogP contribution in [-0.4, -0.2) is 25.9 Å². The Hall–Kier alpha value is -3.15. The smallest absolute Gasteiger partial charge is 0.225 e. The highest BCUT2D eigenvalue weighted by atomic mass is 19.1. The van der Waals surface area contributed by atoms with Crippen LogP contribution in [0.25, 0.3) is 0 Å². The van der Waals surface area contributed by atoms with E-state index in [-0.39, 0.29) is 35.8 Å². The van der Waals surface area contributed by atoms with Gasteiger partial charge in [-0.25, -0.2) is 4.39 Å². The minimum Gasteiger partial charge on any atom is -0.497 e. The van der Waals surface area contributed by atoms with Gasteiger partial charge in [-0.15, -0.1) is 0 Å². The van der Waals surface area contributed by atoms with E-state index in [4.69, 9.17) is 9.47 Å². The Morgan fingerprint density at radius 1 is 0.966 bits per heavy atom. The molecular formula is C23H22FNO4. The second-order valence-corrected chi connectivity index (χ2v) is 7.38. The second kappa shape index (κ2) is 7.70. The average molecular weight is 395 g/mol. The number of halogens is 1. The summed E-state index contributed by atoms with van der Waals surface area (Å²) >= 11 is 0. The minimum absolute atomic E-state index is 0.00421. The maximum absolute atomic E-state index is 13.3. The van der Waals surface area contributed by atoms with E-state index in [1.165, 1.54) is 12.1 Å². The summed E-state index contributed by atoms with van der Waals surface area (Å²) in [5.41, 5.74) is 2.95. The standard InChI is InChI=1S/C23H22FNO4/c1-28-16-7-8-21(29-2)17(11-16)18-12-22(27)25-19-9-14(10-20(26)23(18)19)13-3-5-15(24)6-4-13/h3-8,11,14,18H,9-10,12H2,1-2H3,(H,25,27). The van der Waals surface area contributed by atoms with Gasteiger partial charge in [0.15, 0.2) is 5.78 Å². The van der Waals surface area contributed by atoms with Crippen molar-refractivity contribution in [1.29, 1.82) is 0 Å². The van der Waals surface area contributed by atoms with Crippen molar-refractivity contribution in [2.45, 2.75) is 31.1 Å². The summed E-state index contributed by atoms with van der Waals surface area (Å²) in [4.78, 5) is 25.6. The number of allylic oxidation sites excluding steroid dienone is 2. The number of methoxy groups -OCH3 is 2. The van der Waals surface area contributed by atoms with Crippen LogP contribution in [0.4, 0.5) is 4.39 Å². The van der Waals surface area contributed by atoms with Crippen LogP contribution in [-0.2, 0) is 9.59 Å². The van der Waals surface area contributed by atoms with Crippen molar-refractivity contribution in [3.63, 3.8) is 0 Å². The topological polar surface area (TPSA) is 64.6 Å². The van der Waals surface area contributed by atoms with Crippen molar-refractivity contribution in [3.8, 4) is 11.5 Å². The number of carbonyl (C=O) groups is 2. The third-order valence-electron chi connectivity index (χ3n) is 5.69. The number of nitrogens with one attached hydrogen (secondary N) is 1. The van der Waals surface area contributed by atoms with E-state index in [0.717, 1.165) is 11.1 Å². The molecule has 0 radical (unpaired) electrons. The van der Waals surface area contributed by atoms with Gasteiger partial charge in [0, 0.05) is 35.6 Å². The highest BCUT2D eigenvalue weighted by molar-refractivity contribution is 6.02. The molecule has 0 spiro atoms. The predicted molar refractivity (Wildman–Crippen MR) is 105 cm³/mol. The molecule has 2 aromatic carbocycles. The zero-order valence-electron chi connectivity index (χ0n) is 16.3. The number of ether oxygens (including phenoxy) is 2. The van der Waals surface area contributed by atoms with Crippen LogP contribution in [0.2, 0.25) is 0 Å². The molecule has 2 aliphatic rings. The zero-order valence-corrected chi connectivity index (χ0v) is 16.3. The van der Waals surface area contributed by atoms with Gasteiger partial charge in [0.05, 0.1) is 14.2 Å². The van der Waals surface area contributed by atoms with Gasteiger partial charge in [0.2, 0.25) is 5.91 Å². The molecule has 4 rings (SSSR count). The first-order valence-corrected chi connectivity index (χ1v) is 9.53. The van der Waals surface area contributed by atoms with E-state index in [1.54, 1.807) is 38.5 Å². The summed E-state index contributed by atoms with van der Waals surface area (Å²) < 4.78 is 24.1. The molecule has 1 N–H and O–H groups in total. The maximum Gasteiger partial charge on any atom is 0.225 e. The minimum atomic E-state index is -0.384. The summed E-state index contributed by atoms with van der Waals surface area (Å²) in [5.74, 6) is 0.333. The fraction of sp³-hybridized carbons (Fsp3) is 0.304. The Labute approximate surface area is 168 Å². The summed E-state index contributed by atoms with van der Waals surface area (Å²) in [5, 5.41) is 2.90. The van der Waals surface area contributed by atoms with E-state index in [2.05, 4.69) is 5.32 Å². The molecule has 2 unspecified atom stereocenters. The summed E-state index contributed by atoms with van der Waals surface area (Å²) in [7, 11) is 3.14. The van der Waals surface area contributed by atoms with Crippen LogP contribution < -0.4 is 14.8 Å². The summed E-state index contributed by atoms with van der Waals surface area (Å²) in [6.45, 7) is 0. The van der Waals surface area contributed by atoms with Gasteiger partial charge < -0.3 is 14.8 Å². The first-order chi connectivity index (χ1) is 14.0. The fourth-order valence-corrected chi connectivity index (χ4v) is 4.31. The van der Waals surface area contributed by atoms with Gasteiger partial charge in [-0.1, -0.05) is 12.1 Å². The molecule has 5 nitrogen and oxygen atoms in total. The summed E-state index contributed by atoms with van der Waals surface area (Å²) in [6.07, 6.45) is 1.03. The average Bonchev–Trinajstić information content (AvgIpc) is 2.72. The Morgan fingerprint density at radius 3 is 2.41 bits per heavy atom. The SMILES string of the molecule is COc1ccc(OC)c(C2CC(=O)NC3=C2C(=O)CC(c2ccc(F)cc2)C3)c1. The Kier molecular flexibility index (Phi) is 5.09. The Morgan fingerprint density at radius 2 is 1.72 bits per heavy atom. The molecule has 0 saturated carbocycles. The van der Waals surface area contributed by atoms with Crippen LogP contribution in [0.1, 0.15) is 42.2 Å². The molecule has 1 heterocycles. The van der Waals surface area contributed by atoms with Gasteiger partial charge in [0.1, 0.15) is 17.3 Å². The number of hydrogen-bond donors (Lipinski definition) is 1. The molecule has 0 bridgehead atoms. The van der Waals surface area contributed by atoms with Crippen LogP contribution >= 0.6 is 0 Å². The molecule has 2 aromatic rings. The molecule has 1 aliphatic carbocycles.